The van der Waals surface area contributed by atoms with E-state index in [0.29, 0.717) is 0 Å². The van der Waals surface area contributed by atoms with E-state index in [4.69, 9.17) is 17.3 Å². The number of halogens is 2. The van der Waals surface area contributed by atoms with E-state index >= 15 is 0 Å². The van der Waals surface area contributed by atoms with Crippen LogP contribution in [0.3, 0.4) is 0 Å². The van der Waals surface area contributed by atoms with E-state index in [9.17, 15) is 9.90 Å². The third-order valence-electron chi connectivity index (χ3n) is 2.80. The second kappa shape index (κ2) is 7.46. The molecule has 0 aromatic heterocycles. The van der Waals surface area contributed by atoms with Crippen LogP contribution in [0.4, 0.5) is 5.69 Å². The standard InChI is InChI=1S/C12H17ClN2O2.ClH/c1-3-7(2)10(14)12(17)15-9-6-4-5-8(13)11(9)16;/h4-7,10,16H,3,14H2,1-2H3,(H,15,17);1H. The average molecular weight is 293 g/mol. The summed E-state index contributed by atoms with van der Waals surface area (Å²) in [6, 6.07) is 4.16. The van der Waals surface area contributed by atoms with Gasteiger partial charge < -0.3 is 16.2 Å². The Morgan fingerprint density at radius 1 is 1.56 bits per heavy atom. The predicted octanol–water partition coefficient (Wildman–Crippen LogP) is 2.78. The lowest BCUT2D eigenvalue weighted by molar-refractivity contribution is -0.118. The van der Waals surface area contributed by atoms with Crippen LogP contribution in [0.1, 0.15) is 20.3 Å². The van der Waals surface area contributed by atoms with E-state index in [1.54, 1.807) is 18.2 Å². The first-order chi connectivity index (χ1) is 7.97. The molecule has 0 fully saturated rings. The highest BCUT2D eigenvalue weighted by atomic mass is 35.5. The number of carbonyl (C=O) groups excluding carboxylic acids is 1. The Morgan fingerprint density at radius 3 is 2.72 bits per heavy atom. The van der Waals surface area contributed by atoms with Gasteiger partial charge in [-0.25, -0.2) is 0 Å². The fourth-order valence-corrected chi connectivity index (χ4v) is 1.52. The Balaban J connectivity index is 0.00000289. The lowest BCUT2D eigenvalue weighted by atomic mass is 9.99. The molecule has 1 aromatic carbocycles. The number of nitrogens with one attached hydrogen (secondary N) is 1. The summed E-state index contributed by atoms with van der Waals surface area (Å²) in [5, 5.41) is 12.4. The van der Waals surface area contributed by atoms with Gasteiger partial charge in [-0.05, 0) is 18.1 Å². The molecule has 0 aliphatic rings. The molecule has 2 unspecified atom stereocenters. The van der Waals surface area contributed by atoms with E-state index in [0.717, 1.165) is 6.42 Å². The number of aromatic hydroxyl groups is 1. The van der Waals surface area contributed by atoms with Gasteiger partial charge in [-0.3, -0.25) is 4.79 Å². The summed E-state index contributed by atoms with van der Waals surface area (Å²) in [6.07, 6.45) is 0.816. The molecular weight excluding hydrogens is 275 g/mol. The Kier molecular flexibility index (Phi) is 7.06. The van der Waals surface area contributed by atoms with Gasteiger partial charge >= 0.3 is 0 Å². The van der Waals surface area contributed by atoms with Crippen molar-refractivity contribution in [3.63, 3.8) is 0 Å². The molecule has 2 atom stereocenters. The summed E-state index contributed by atoms with van der Waals surface area (Å²) in [5.74, 6) is -0.382. The van der Waals surface area contributed by atoms with Crippen molar-refractivity contribution in [3.05, 3.63) is 23.2 Å². The monoisotopic (exact) mass is 292 g/mol. The maximum Gasteiger partial charge on any atom is 0.241 e. The lowest BCUT2D eigenvalue weighted by Gasteiger charge is -2.18. The minimum Gasteiger partial charge on any atom is -0.504 e. The van der Waals surface area contributed by atoms with Crippen molar-refractivity contribution in [1.82, 2.24) is 0 Å². The zero-order valence-electron chi connectivity index (χ0n) is 10.3. The highest BCUT2D eigenvalue weighted by molar-refractivity contribution is 6.32. The van der Waals surface area contributed by atoms with Gasteiger partial charge in [-0.15, -0.1) is 12.4 Å². The predicted molar refractivity (Wildman–Crippen MR) is 76.4 cm³/mol. The fourth-order valence-electron chi connectivity index (χ4n) is 1.34. The first kappa shape index (κ1) is 17.0. The van der Waals surface area contributed by atoms with Crippen LogP contribution in [0, 0.1) is 5.92 Å². The zero-order valence-corrected chi connectivity index (χ0v) is 11.9. The van der Waals surface area contributed by atoms with Gasteiger partial charge in [-0.2, -0.15) is 0 Å². The van der Waals surface area contributed by atoms with Crippen LogP contribution in [0.2, 0.25) is 5.02 Å². The molecule has 0 aliphatic heterocycles. The molecule has 0 heterocycles. The average Bonchev–Trinajstić information content (AvgIpc) is 2.32. The second-order valence-corrected chi connectivity index (χ2v) is 4.44. The van der Waals surface area contributed by atoms with E-state index in [1.165, 1.54) is 0 Å². The molecule has 1 amide bonds. The molecule has 0 aliphatic carbocycles. The maximum atomic E-state index is 11.8. The van der Waals surface area contributed by atoms with Crippen molar-refractivity contribution in [2.24, 2.45) is 11.7 Å². The third kappa shape index (κ3) is 4.05. The zero-order chi connectivity index (χ0) is 13.0. The summed E-state index contributed by atoms with van der Waals surface area (Å²) in [7, 11) is 0. The molecule has 6 heteroatoms. The quantitative estimate of drug-likeness (QED) is 0.747. The number of phenols is 1. The largest absolute Gasteiger partial charge is 0.504 e. The molecule has 18 heavy (non-hydrogen) atoms. The van der Waals surface area contributed by atoms with Crippen LogP contribution >= 0.6 is 24.0 Å². The Morgan fingerprint density at radius 2 is 2.17 bits per heavy atom. The molecular formula is C12H18Cl2N2O2. The van der Waals surface area contributed by atoms with Crippen LogP contribution in [0.5, 0.6) is 5.75 Å². The van der Waals surface area contributed by atoms with Crippen molar-refractivity contribution in [2.45, 2.75) is 26.3 Å². The number of phenolic OH excluding ortho intramolecular Hbond substituents is 1. The van der Waals surface area contributed by atoms with Crippen LogP contribution in [-0.2, 0) is 4.79 Å². The van der Waals surface area contributed by atoms with E-state index in [-0.39, 0.29) is 40.7 Å². The lowest BCUT2D eigenvalue weighted by Crippen LogP contribution is -2.40. The van der Waals surface area contributed by atoms with Crippen molar-refractivity contribution < 1.29 is 9.90 Å². The number of hydrogen-bond acceptors (Lipinski definition) is 3. The summed E-state index contributed by atoms with van der Waals surface area (Å²) in [6.45, 7) is 3.87. The highest BCUT2D eigenvalue weighted by Crippen LogP contribution is 2.31. The number of amides is 1. The number of para-hydroxylation sites is 1. The van der Waals surface area contributed by atoms with Crippen molar-refractivity contribution in [1.29, 1.82) is 0 Å². The van der Waals surface area contributed by atoms with Crippen LogP contribution in [-0.4, -0.2) is 17.1 Å². The Bertz CT molecular complexity index is 413. The summed E-state index contributed by atoms with van der Waals surface area (Å²) < 4.78 is 0. The first-order valence-electron chi connectivity index (χ1n) is 5.51. The number of nitrogens with two attached hydrogens (primary N) is 1. The smallest absolute Gasteiger partial charge is 0.241 e. The molecule has 102 valence electrons. The minimum atomic E-state index is -0.599. The Labute approximate surface area is 118 Å². The number of hydrogen-bond donors (Lipinski definition) is 3. The third-order valence-corrected chi connectivity index (χ3v) is 3.11. The summed E-state index contributed by atoms with van der Waals surface area (Å²) >= 11 is 5.73. The van der Waals surface area contributed by atoms with E-state index in [1.807, 2.05) is 13.8 Å². The van der Waals surface area contributed by atoms with Crippen molar-refractivity contribution >= 4 is 35.6 Å². The first-order valence-corrected chi connectivity index (χ1v) is 5.89. The van der Waals surface area contributed by atoms with E-state index in [2.05, 4.69) is 5.32 Å². The SMILES string of the molecule is CCC(C)C(N)C(=O)Nc1cccc(Cl)c1O.Cl. The molecule has 0 saturated heterocycles. The molecule has 4 N–H and O–H groups in total. The number of anilines is 1. The van der Waals surface area contributed by atoms with Gasteiger partial charge in [0.1, 0.15) is 0 Å². The topological polar surface area (TPSA) is 75.4 Å². The molecule has 0 radical (unpaired) electrons. The molecule has 1 aromatic rings. The van der Waals surface area contributed by atoms with Gasteiger partial charge in [0, 0.05) is 0 Å². The molecule has 4 nitrogen and oxygen atoms in total. The minimum absolute atomic E-state index is 0. The normalized spacial score (nSPS) is 13.3. The second-order valence-electron chi connectivity index (χ2n) is 4.04. The van der Waals surface area contributed by atoms with Crippen molar-refractivity contribution in [2.75, 3.05) is 5.32 Å². The van der Waals surface area contributed by atoms with Gasteiger partial charge in [0.2, 0.25) is 5.91 Å². The van der Waals surface area contributed by atoms with Gasteiger partial charge in [0.15, 0.2) is 5.75 Å². The highest BCUT2D eigenvalue weighted by Gasteiger charge is 2.20. The summed E-state index contributed by atoms with van der Waals surface area (Å²) in [4.78, 5) is 11.8. The van der Waals surface area contributed by atoms with Crippen LogP contribution in [0.25, 0.3) is 0 Å². The van der Waals surface area contributed by atoms with Crippen molar-refractivity contribution in [3.8, 4) is 5.75 Å². The Hall–Kier alpha value is -0.970. The number of rotatable bonds is 4. The molecule has 1 rings (SSSR count). The fraction of sp³-hybridized carbons (Fsp3) is 0.417. The van der Waals surface area contributed by atoms with Gasteiger partial charge in [0.05, 0.1) is 16.8 Å². The van der Waals surface area contributed by atoms with Crippen LogP contribution < -0.4 is 11.1 Å². The number of benzene rings is 1. The molecule has 0 bridgehead atoms. The molecule has 0 spiro atoms. The van der Waals surface area contributed by atoms with Gasteiger partial charge in [0.25, 0.3) is 0 Å². The van der Waals surface area contributed by atoms with Gasteiger partial charge in [-0.1, -0.05) is 37.9 Å². The molecule has 0 saturated carbocycles. The number of carbonyl (C=O) groups is 1. The van der Waals surface area contributed by atoms with Crippen LogP contribution in [0.15, 0.2) is 18.2 Å². The van der Waals surface area contributed by atoms with E-state index < -0.39 is 6.04 Å². The summed E-state index contributed by atoms with van der Waals surface area (Å²) in [5.41, 5.74) is 6.06. The maximum absolute atomic E-state index is 11.8.